The fourth-order valence-electron chi connectivity index (χ4n) is 1.98. The van der Waals surface area contributed by atoms with Crippen LogP contribution in [0.15, 0.2) is 15.9 Å². The summed E-state index contributed by atoms with van der Waals surface area (Å²) < 4.78 is 2.88. The van der Waals surface area contributed by atoms with Gasteiger partial charge < -0.3 is 25.0 Å². The number of fused-ring (bicyclic) bond motifs is 1. The zero-order valence-corrected chi connectivity index (χ0v) is 13.7. The molecule has 26 heavy (non-hydrogen) atoms. The van der Waals surface area contributed by atoms with Crippen LogP contribution in [-0.4, -0.2) is 63.0 Å². The summed E-state index contributed by atoms with van der Waals surface area (Å²) in [6.07, 6.45) is -0.789. The fraction of sp³-hybridized carbons (Fsp3) is 0.385. The van der Waals surface area contributed by atoms with Gasteiger partial charge in [0.25, 0.3) is 5.56 Å². The summed E-state index contributed by atoms with van der Waals surface area (Å²) in [6.45, 7) is 0. The second kappa shape index (κ2) is 7.60. The van der Waals surface area contributed by atoms with Crippen LogP contribution in [0.4, 0.5) is 0 Å². The number of aromatic nitrogens is 4. The number of imidazole rings is 1. The number of aliphatic carboxylic acids is 3. The lowest BCUT2D eigenvalue weighted by atomic mass is 9.96. The predicted molar refractivity (Wildman–Crippen MR) is 83.7 cm³/mol. The maximum atomic E-state index is 11.3. The van der Waals surface area contributed by atoms with Crippen molar-refractivity contribution in [3.63, 3.8) is 0 Å². The van der Waals surface area contributed by atoms with Crippen molar-refractivity contribution in [2.45, 2.75) is 18.4 Å². The van der Waals surface area contributed by atoms with Crippen LogP contribution in [0.1, 0.15) is 12.8 Å². The van der Waals surface area contributed by atoms with Crippen molar-refractivity contribution in [2.75, 3.05) is 0 Å². The largest absolute Gasteiger partial charge is 0.481 e. The van der Waals surface area contributed by atoms with Gasteiger partial charge in [-0.1, -0.05) is 0 Å². The zero-order valence-electron chi connectivity index (χ0n) is 13.7. The summed E-state index contributed by atoms with van der Waals surface area (Å²) in [5, 5.41) is 33.8. The van der Waals surface area contributed by atoms with Crippen LogP contribution >= 0.6 is 0 Å². The van der Waals surface area contributed by atoms with Crippen LogP contribution in [0.2, 0.25) is 0 Å². The molecule has 0 atom stereocenters. The van der Waals surface area contributed by atoms with Crippen molar-refractivity contribution >= 4 is 29.1 Å². The molecule has 13 heteroatoms. The van der Waals surface area contributed by atoms with Crippen molar-refractivity contribution < 1.29 is 34.8 Å². The van der Waals surface area contributed by atoms with Crippen LogP contribution < -0.4 is 11.2 Å². The highest BCUT2D eigenvalue weighted by Crippen LogP contribution is 2.15. The van der Waals surface area contributed by atoms with Gasteiger partial charge in [-0.05, 0) is 0 Å². The average Bonchev–Trinajstić information content (AvgIpc) is 2.86. The summed E-state index contributed by atoms with van der Waals surface area (Å²) >= 11 is 0. The molecule has 0 radical (unpaired) electrons. The molecule has 2 aromatic rings. The Labute approximate surface area is 143 Å². The lowest BCUT2D eigenvalue weighted by Crippen LogP contribution is -2.42. The Bertz CT molecular complexity index is 952. The number of hydrogen-bond donors (Lipinski definition) is 5. The molecule has 2 aromatic heterocycles. The van der Waals surface area contributed by atoms with E-state index in [9.17, 15) is 24.0 Å². The van der Waals surface area contributed by atoms with E-state index in [1.165, 1.54) is 10.9 Å². The molecule has 0 aliphatic rings. The Balaban J connectivity index is 0.000000260. The minimum Gasteiger partial charge on any atom is -0.481 e. The fourth-order valence-corrected chi connectivity index (χ4v) is 1.98. The number of aryl methyl sites for hydroxylation is 2. The van der Waals surface area contributed by atoms with Crippen LogP contribution in [0.25, 0.3) is 11.2 Å². The molecule has 0 amide bonds. The number of carboxylic acids is 3. The molecule has 0 aromatic carbocycles. The molecule has 0 bridgehead atoms. The first-order valence-electron chi connectivity index (χ1n) is 6.88. The van der Waals surface area contributed by atoms with Gasteiger partial charge in [0.2, 0.25) is 0 Å². The first-order chi connectivity index (χ1) is 11.9. The van der Waals surface area contributed by atoms with E-state index >= 15 is 0 Å². The summed E-state index contributed by atoms with van der Waals surface area (Å²) in [5.41, 5.74) is -2.79. The number of hydrogen-bond acceptors (Lipinski definition) is 7. The van der Waals surface area contributed by atoms with E-state index in [2.05, 4.69) is 9.97 Å². The number of aliphatic hydroxyl groups is 1. The maximum Gasteiger partial charge on any atom is 0.336 e. The molecule has 2 rings (SSSR count). The molecule has 2 heterocycles. The summed E-state index contributed by atoms with van der Waals surface area (Å²) in [4.78, 5) is 59.1. The Morgan fingerprint density at radius 1 is 1.12 bits per heavy atom. The molecule has 0 saturated carbocycles. The number of aromatic amines is 1. The third kappa shape index (κ3) is 4.54. The van der Waals surface area contributed by atoms with Crippen molar-refractivity contribution in [3.05, 3.63) is 27.2 Å². The zero-order chi connectivity index (χ0) is 20.2. The number of H-pyrrole nitrogens is 1. The highest BCUT2D eigenvalue weighted by molar-refractivity contribution is 5.88. The average molecular weight is 372 g/mol. The van der Waals surface area contributed by atoms with Gasteiger partial charge in [-0.25, -0.2) is 14.6 Å². The SMILES string of the molecule is Cn1cnc2c1c(=O)[nH]c(=O)n2C.O=C(O)CC(O)(CC(=O)O)C(=O)O. The molecule has 0 aliphatic heterocycles. The minimum atomic E-state index is -2.74. The van der Waals surface area contributed by atoms with Crippen LogP contribution in [0.3, 0.4) is 0 Å². The van der Waals surface area contributed by atoms with E-state index in [0.29, 0.717) is 11.2 Å². The first kappa shape index (κ1) is 20.6. The quantitative estimate of drug-likeness (QED) is 0.380. The number of carbonyl (C=O) groups is 3. The van der Waals surface area contributed by atoms with E-state index in [4.69, 9.17) is 20.4 Å². The Morgan fingerprint density at radius 3 is 2.04 bits per heavy atom. The summed E-state index contributed by atoms with van der Waals surface area (Å²) in [7, 11) is 3.27. The van der Waals surface area contributed by atoms with Gasteiger partial charge in [0, 0.05) is 14.1 Å². The van der Waals surface area contributed by atoms with Crippen LogP contribution in [-0.2, 0) is 28.5 Å². The van der Waals surface area contributed by atoms with Gasteiger partial charge in [-0.2, -0.15) is 0 Å². The molecule has 0 saturated heterocycles. The van der Waals surface area contributed by atoms with Crippen LogP contribution in [0, 0.1) is 0 Å². The number of rotatable bonds is 5. The summed E-state index contributed by atoms with van der Waals surface area (Å²) in [5.74, 6) is -5.02. The van der Waals surface area contributed by atoms with Crippen molar-refractivity contribution in [1.29, 1.82) is 0 Å². The van der Waals surface area contributed by atoms with Gasteiger partial charge in [0.05, 0.1) is 19.2 Å². The molecule has 0 unspecified atom stereocenters. The topological polar surface area (TPSA) is 205 Å². The third-order valence-corrected chi connectivity index (χ3v) is 3.26. The third-order valence-electron chi connectivity index (χ3n) is 3.26. The number of carboxylic acid groups (broad SMARTS) is 3. The smallest absolute Gasteiger partial charge is 0.336 e. The molecule has 0 aliphatic carbocycles. The number of nitrogens with zero attached hydrogens (tertiary/aromatic N) is 3. The van der Waals surface area contributed by atoms with Gasteiger partial charge in [0.1, 0.15) is 0 Å². The van der Waals surface area contributed by atoms with Gasteiger partial charge >= 0.3 is 23.6 Å². The highest BCUT2D eigenvalue weighted by atomic mass is 16.4. The van der Waals surface area contributed by atoms with Crippen molar-refractivity contribution in [3.8, 4) is 0 Å². The Morgan fingerprint density at radius 2 is 1.62 bits per heavy atom. The van der Waals surface area contributed by atoms with Crippen LogP contribution in [0.5, 0.6) is 0 Å². The van der Waals surface area contributed by atoms with E-state index < -0.39 is 47.6 Å². The Kier molecular flexibility index (Phi) is 6.01. The second-order valence-electron chi connectivity index (χ2n) is 5.32. The lowest BCUT2D eigenvalue weighted by molar-refractivity contribution is -0.170. The molecular weight excluding hydrogens is 356 g/mol. The Hall–Kier alpha value is -3.48. The van der Waals surface area contributed by atoms with Gasteiger partial charge in [-0.3, -0.25) is 23.9 Å². The van der Waals surface area contributed by atoms with Crippen molar-refractivity contribution in [1.82, 2.24) is 19.1 Å². The van der Waals surface area contributed by atoms with Crippen molar-refractivity contribution in [2.24, 2.45) is 14.1 Å². The molecular formula is C13H16N4O9. The molecule has 13 nitrogen and oxygen atoms in total. The van der Waals surface area contributed by atoms with E-state index in [1.54, 1.807) is 18.7 Å². The minimum absolute atomic E-state index is 0.399. The lowest BCUT2D eigenvalue weighted by Gasteiger charge is -2.18. The molecule has 0 fully saturated rings. The first-order valence-corrected chi connectivity index (χ1v) is 6.88. The standard InChI is InChI=1S/C7H8N4O2.C6H8O7/c1-10-3-8-5-4(10)6(12)9-7(13)11(5)2;7-3(8)1-6(13,5(11)12)2-4(9)10/h3H,1-2H3,(H,9,12,13);13H,1-2H2,(H,7,8)(H,9,10)(H,11,12). The van der Waals surface area contributed by atoms with Gasteiger partial charge in [0.15, 0.2) is 16.8 Å². The van der Waals surface area contributed by atoms with E-state index in [1.807, 2.05) is 0 Å². The maximum absolute atomic E-state index is 11.3. The van der Waals surface area contributed by atoms with Gasteiger partial charge in [-0.15, -0.1) is 0 Å². The molecule has 0 spiro atoms. The second-order valence-corrected chi connectivity index (χ2v) is 5.32. The summed E-state index contributed by atoms with van der Waals surface area (Å²) in [6, 6.07) is 0. The van der Waals surface area contributed by atoms with E-state index in [0.717, 1.165) is 0 Å². The number of nitrogens with one attached hydrogen (secondary N) is 1. The normalized spacial score (nSPS) is 10.9. The molecule has 142 valence electrons. The highest BCUT2D eigenvalue weighted by Gasteiger charge is 2.40. The predicted octanol–water partition coefficient (Wildman–Crippen LogP) is -2.29. The molecule has 5 N–H and O–H groups in total. The van der Waals surface area contributed by atoms with E-state index in [-0.39, 0.29) is 0 Å². The monoisotopic (exact) mass is 372 g/mol.